The van der Waals surface area contributed by atoms with Crippen LogP contribution in [-0.4, -0.2) is 18.2 Å². The number of carbonyl (C=O) groups is 1. The zero-order chi connectivity index (χ0) is 16.8. The molecule has 2 aromatic rings. The number of esters is 1. The van der Waals surface area contributed by atoms with E-state index in [4.69, 9.17) is 13.9 Å². The van der Waals surface area contributed by atoms with E-state index in [9.17, 15) is 14.7 Å². The number of phenols is 1. The summed E-state index contributed by atoms with van der Waals surface area (Å²) in [6, 6.07) is 4.50. The SMILES string of the molecule is CCCCCC(=O)OCc1cc2cc(OC)cc(O)c2c(=O)o1. The Morgan fingerprint density at radius 2 is 2.04 bits per heavy atom. The molecule has 0 aliphatic carbocycles. The number of hydrogen-bond acceptors (Lipinski definition) is 6. The quantitative estimate of drug-likeness (QED) is 0.623. The lowest BCUT2D eigenvalue weighted by Gasteiger charge is -2.07. The van der Waals surface area contributed by atoms with Gasteiger partial charge in [-0.05, 0) is 23.9 Å². The van der Waals surface area contributed by atoms with E-state index < -0.39 is 5.63 Å². The van der Waals surface area contributed by atoms with Crippen molar-refractivity contribution in [1.82, 2.24) is 0 Å². The zero-order valence-corrected chi connectivity index (χ0v) is 13.3. The molecule has 2 rings (SSSR count). The average molecular weight is 320 g/mol. The smallest absolute Gasteiger partial charge is 0.347 e. The molecule has 1 heterocycles. The second-order valence-corrected chi connectivity index (χ2v) is 5.23. The number of phenolic OH excluding ortho intramolecular Hbond substituents is 1. The van der Waals surface area contributed by atoms with Gasteiger partial charge < -0.3 is 19.0 Å². The topological polar surface area (TPSA) is 86.0 Å². The molecular weight excluding hydrogens is 300 g/mol. The average Bonchev–Trinajstić information content (AvgIpc) is 2.52. The van der Waals surface area contributed by atoms with Crippen LogP contribution in [0.15, 0.2) is 27.4 Å². The lowest BCUT2D eigenvalue weighted by molar-refractivity contribution is -0.145. The maximum Gasteiger partial charge on any atom is 0.347 e. The van der Waals surface area contributed by atoms with Crippen LogP contribution in [0.1, 0.15) is 38.4 Å². The van der Waals surface area contributed by atoms with Crippen LogP contribution in [0.3, 0.4) is 0 Å². The predicted octanol–water partition coefficient (Wildman–Crippen LogP) is 3.13. The van der Waals surface area contributed by atoms with E-state index in [1.807, 2.05) is 0 Å². The van der Waals surface area contributed by atoms with Crippen LogP contribution >= 0.6 is 0 Å². The first kappa shape index (κ1) is 16.9. The molecule has 1 aromatic heterocycles. The van der Waals surface area contributed by atoms with E-state index in [-0.39, 0.29) is 29.5 Å². The van der Waals surface area contributed by atoms with Gasteiger partial charge in [0.15, 0.2) is 0 Å². The summed E-state index contributed by atoms with van der Waals surface area (Å²) in [5.74, 6) is 0.105. The summed E-state index contributed by atoms with van der Waals surface area (Å²) in [5, 5.41) is 10.4. The minimum absolute atomic E-state index is 0.0730. The summed E-state index contributed by atoms with van der Waals surface area (Å²) in [5.41, 5.74) is -0.681. The van der Waals surface area contributed by atoms with Gasteiger partial charge in [0.25, 0.3) is 0 Å². The number of ether oxygens (including phenoxy) is 2. The molecule has 1 aromatic carbocycles. The first-order chi connectivity index (χ1) is 11.0. The van der Waals surface area contributed by atoms with Crippen LogP contribution in [-0.2, 0) is 16.1 Å². The molecule has 23 heavy (non-hydrogen) atoms. The van der Waals surface area contributed by atoms with Crippen LogP contribution in [0.25, 0.3) is 10.8 Å². The molecule has 6 nitrogen and oxygen atoms in total. The second kappa shape index (κ2) is 7.67. The molecule has 124 valence electrons. The van der Waals surface area contributed by atoms with Crippen molar-refractivity contribution in [3.8, 4) is 11.5 Å². The summed E-state index contributed by atoms with van der Waals surface area (Å²) < 4.78 is 15.2. The molecular formula is C17H20O6. The fraction of sp³-hybridized carbons (Fsp3) is 0.412. The highest BCUT2D eigenvalue weighted by molar-refractivity contribution is 5.88. The maximum absolute atomic E-state index is 12.0. The Balaban J connectivity index is 2.16. The Bertz CT molecular complexity index is 747. The summed E-state index contributed by atoms with van der Waals surface area (Å²) in [7, 11) is 1.46. The molecule has 0 bridgehead atoms. The van der Waals surface area contributed by atoms with E-state index in [0.29, 0.717) is 17.6 Å². The monoisotopic (exact) mass is 320 g/mol. The van der Waals surface area contributed by atoms with Crippen molar-refractivity contribution >= 4 is 16.7 Å². The predicted molar refractivity (Wildman–Crippen MR) is 84.6 cm³/mol. The number of hydrogen-bond donors (Lipinski definition) is 1. The number of fused-ring (bicyclic) bond motifs is 1. The molecule has 0 aliphatic heterocycles. The minimum atomic E-state index is -0.681. The van der Waals surface area contributed by atoms with Crippen molar-refractivity contribution in [3.05, 3.63) is 34.4 Å². The van der Waals surface area contributed by atoms with Gasteiger partial charge >= 0.3 is 11.6 Å². The first-order valence-electron chi connectivity index (χ1n) is 7.54. The maximum atomic E-state index is 12.0. The third-order valence-electron chi connectivity index (χ3n) is 3.46. The number of rotatable bonds is 7. The molecule has 0 atom stereocenters. The number of methoxy groups -OCH3 is 1. The fourth-order valence-corrected chi connectivity index (χ4v) is 2.26. The van der Waals surface area contributed by atoms with Crippen molar-refractivity contribution < 1.29 is 23.8 Å². The number of unbranched alkanes of at least 4 members (excludes halogenated alkanes) is 2. The minimum Gasteiger partial charge on any atom is -0.507 e. The molecule has 0 aliphatic rings. The van der Waals surface area contributed by atoms with Crippen LogP contribution < -0.4 is 10.4 Å². The van der Waals surface area contributed by atoms with Gasteiger partial charge in [0.05, 0.1) is 7.11 Å². The van der Waals surface area contributed by atoms with E-state index in [1.165, 1.54) is 13.2 Å². The molecule has 0 unspecified atom stereocenters. The molecule has 6 heteroatoms. The van der Waals surface area contributed by atoms with E-state index in [1.54, 1.807) is 12.1 Å². The highest BCUT2D eigenvalue weighted by Crippen LogP contribution is 2.28. The van der Waals surface area contributed by atoms with Crippen LogP contribution in [0.5, 0.6) is 11.5 Å². The lowest BCUT2D eigenvalue weighted by atomic mass is 10.1. The Morgan fingerprint density at radius 1 is 1.26 bits per heavy atom. The van der Waals surface area contributed by atoms with E-state index >= 15 is 0 Å². The van der Waals surface area contributed by atoms with E-state index in [2.05, 4.69) is 6.92 Å². The van der Waals surface area contributed by atoms with Gasteiger partial charge in [-0.15, -0.1) is 0 Å². The summed E-state index contributed by atoms with van der Waals surface area (Å²) >= 11 is 0. The van der Waals surface area contributed by atoms with E-state index in [0.717, 1.165) is 19.3 Å². The molecule has 0 radical (unpaired) electrons. The molecule has 0 amide bonds. The molecule has 1 N–H and O–H groups in total. The number of benzene rings is 1. The van der Waals surface area contributed by atoms with Crippen molar-refractivity contribution in [3.63, 3.8) is 0 Å². The van der Waals surface area contributed by atoms with Crippen LogP contribution in [0.2, 0.25) is 0 Å². The van der Waals surface area contributed by atoms with Crippen LogP contribution in [0.4, 0.5) is 0 Å². The Kier molecular flexibility index (Phi) is 5.62. The Labute approximate surface area is 133 Å². The fourth-order valence-electron chi connectivity index (χ4n) is 2.26. The summed E-state index contributed by atoms with van der Waals surface area (Å²) in [4.78, 5) is 23.6. The Hall–Kier alpha value is -2.50. The van der Waals surface area contributed by atoms with Gasteiger partial charge in [-0.3, -0.25) is 4.79 Å². The summed E-state index contributed by atoms with van der Waals surface area (Å²) in [6.07, 6.45) is 3.12. The highest BCUT2D eigenvalue weighted by Gasteiger charge is 2.12. The summed E-state index contributed by atoms with van der Waals surface area (Å²) in [6.45, 7) is 1.94. The normalized spacial score (nSPS) is 10.7. The van der Waals surface area contributed by atoms with Crippen LogP contribution in [0, 0.1) is 0 Å². The molecule has 0 saturated heterocycles. The molecule has 0 saturated carbocycles. The standard InChI is InChI=1S/C17H20O6/c1-3-4-5-6-15(19)22-10-13-8-11-7-12(21-2)9-14(18)16(11)17(20)23-13/h7-9,18H,3-6,10H2,1-2H3. The number of aromatic hydroxyl groups is 1. The van der Waals surface area contributed by atoms with Gasteiger partial charge in [0.2, 0.25) is 0 Å². The van der Waals surface area contributed by atoms with Crippen molar-refractivity contribution in [2.24, 2.45) is 0 Å². The largest absolute Gasteiger partial charge is 0.507 e. The second-order valence-electron chi connectivity index (χ2n) is 5.23. The number of carbonyl (C=O) groups excluding carboxylic acids is 1. The van der Waals surface area contributed by atoms with Gasteiger partial charge in [0.1, 0.15) is 29.3 Å². The molecule has 0 spiro atoms. The van der Waals surface area contributed by atoms with Gasteiger partial charge in [-0.1, -0.05) is 19.8 Å². The van der Waals surface area contributed by atoms with Gasteiger partial charge in [0, 0.05) is 12.5 Å². The van der Waals surface area contributed by atoms with Gasteiger partial charge in [-0.2, -0.15) is 0 Å². The van der Waals surface area contributed by atoms with Gasteiger partial charge in [-0.25, -0.2) is 4.79 Å². The highest BCUT2D eigenvalue weighted by atomic mass is 16.5. The third kappa shape index (κ3) is 4.25. The zero-order valence-electron chi connectivity index (χ0n) is 13.3. The van der Waals surface area contributed by atoms with Crippen molar-refractivity contribution in [2.75, 3.05) is 7.11 Å². The lowest BCUT2D eigenvalue weighted by Crippen LogP contribution is -2.07. The van der Waals surface area contributed by atoms with Crippen molar-refractivity contribution in [1.29, 1.82) is 0 Å². The van der Waals surface area contributed by atoms with Crippen molar-refractivity contribution in [2.45, 2.75) is 39.2 Å². The third-order valence-corrected chi connectivity index (χ3v) is 3.46. The first-order valence-corrected chi connectivity index (χ1v) is 7.54. The Morgan fingerprint density at radius 3 is 2.74 bits per heavy atom. The molecule has 0 fully saturated rings.